The maximum atomic E-state index is 9.74. The van der Waals surface area contributed by atoms with Crippen LogP contribution in [-0.4, -0.2) is 16.2 Å². The van der Waals surface area contributed by atoms with Crippen molar-refractivity contribution in [3.8, 4) is 0 Å². The van der Waals surface area contributed by atoms with Gasteiger partial charge in [0.25, 0.3) is 0 Å². The van der Waals surface area contributed by atoms with E-state index in [1.54, 1.807) is 6.08 Å². The largest absolute Gasteiger partial charge is 0.393 e. The first-order valence-corrected chi connectivity index (χ1v) is 5.85. The van der Waals surface area contributed by atoms with Gasteiger partial charge in [0.1, 0.15) is 4.60 Å². The molecule has 0 aliphatic heterocycles. The molecule has 15 heavy (non-hydrogen) atoms. The lowest BCUT2D eigenvalue weighted by molar-refractivity contribution is 0.128. The van der Waals surface area contributed by atoms with Crippen molar-refractivity contribution < 1.29 is 5.11 Å². The van der Waals surface area contributed by atoms with Crippen molar-refractivity contribution in [2.75, 3.05) is 0 Å². The zero-order valence-corrected chi connectivity index (χ0v) is 10.4. The first-order chi connectivity index (χ1) is 7.13. The van der Waals surface area contributed by atoms with Crippen LogP contribution < -0.4 is 0 Å². The molecule has 0 bridgehead atoms. The minimum absolute atomic E-state index is 0.136. The first kappa shape index (κ1) is 12.4. The number of halogens is 1. The van der Waals surface area contributed by atoms with Crippen molar-refractivity contribution in [2.24, 2.45) is 5.92 Å². The van der Waals surface area contributed by atoms with Gasteiger partial charge >= 0.3 is 0 Å². The Morgan fingerprint density at radius 3 is 2.93 bits per heavy atom. The third-order valence-electron chi connectivity index (χ3n) is 2.45. The van der Waals surface area contributed by atoms with E-state index < -0.39 is 0 Å². The number of aliphatic hydroxyl groups excluding tert-OH is 1. The molecule has 3 heteroatoms. The Bertz CT molecular complexity index is 327. The molecule has 0 aliphatic rings. The van der Waals surface area contributed by atoms with E-state index in [-0.39, 0.29) is 12.0 Å². The van der Waals surface area contributed by atoms with Gasteiger partial charge in [0.15, 0.2) is 0 Å². The molecule has 0 saturated heterocycles. The predicted octanol–water partition coefficient (Wildman–Crippen LogP) is 2.96. The summed E-state index contributed by atoms with van der Waals surface area (Å²) in [6.07, 6.45) is 2.96. The summed E-state index contributed by atoms with van der Waals surface area (Å²) in [5.74, 6) is 0.136. The van der Waals surface area contributed by atoms with E-state index >= 15 is 0 Å². The quantitative estimate of drug-likeness (QED) is 0.659. The molecule has 0 saturated carbocycles. The second-order valence-corrected chi connectivity index (χ2v) is 4.46. The van der Waals surface area contributed by atoms with Gasteiger partial charge in [-0.3, -0.25) is 0 Å². The lowest BCUT2D eigenvalue weighted by atomic mass is 10.00. The van der Waals surface area contributed by atoms with Crippen LogP contribution in [0.3, 0.4) is 0 Å². The third kappa shape index (κ3) is 4.14. The summed E-state index contributed by atoms with van der Waals surface area (Å²) in [5, 5.41) is 9.74. The molecule has 2 nitrogen and oxygen atoms in total. The topological polar surface area (TPSA) is 33.1 Å². The van der Waals surface area contributed by atoms with Gasteiger partial charge in [-0.05, 0) is 46.8 Å². The van der Waals surface area contributed by atoms with Gasteiger partial charge in [0, 0.05) is 5.69 Å². The summed E-state index contributed by atoms with van der Waals surface area (Å²) in [6.45, 7) is 5.63. The Morgan fingerprint density at radius 1 is 1.60 bits per heavy atom. The summed E-state index contributed by atoms with van der Waals surface area (Å²) in [7, 11) is 0. The van der Waals surface area contributed by atoms with Crippen molar-refractivity contribution in [3.05, 3.63) is 41.2 Å². The second-order valence-electron chi connectivity index (χ2n) is 3.65. The highest BCUT2D eigenvalue weighted by atomic mass is 79.9. The molecule has 1 rings (SSSR count). The first-order valence-electron chi connectivity index (χ1n) is 5.05. The Kier molecular flexibility index (Phi) is 4.99. The monoisotopic (exact) mass is 269 g/mol. The molecular weight excluding hydrogens is 254 g/mol. The lowest BCUT2D eigenvalue weighted by Crippen LogP contribution is -2.16. The number of hydrogen-bond donors (Lipinski definition) is 1. The zero-order chi connectivity index (χ0) is 11.3. The molecule has 2 atom stereocenters. The number of hydrogen-bond acceptors (Lipinski definition) is 2. The molecule has 0 aliphatic carbocycles. The van der Waals surface area contributed by atoms with Gasteiger partial charge in [0.05, 0.1) is 6.10 Å². The van der Waals surface area contributed by atoms with Crippen LogP contribution in [-0.2, 0) is 6.42 Å². The molecule has 0 spiro atoms. The van der Waals surface area contributed by atoms with E-state index in [0.29, 0.717) is 0 Å². The normalized spacial score (nSPS) is 14.6. The second kappa shape index (κ2) is 6.03. The molecule has 0 amide bonds. The number of nitrogens with zero attached hydrogens (tertiary/aromatic N) is 1. The van der Waals surface area contributed by atoms with Crippen molar-refractivity contribution in [1.82, 2.24) is 4.98 Å². The molecule has 0 radical (unpaired) electrons. The Labute approximate surface area is 99.2 Å². The number of aryl methyl sites for hydroxylation is 1. The molecule has 82 valence electrons. The van der Waals surface area contributed by atoms with E-state index in [1.165, 1.54) is 0 Å². The maximum Gasteiger partial charge on any atom is 0.106 e. The highest BCUT2D eigenvalue weighted by Gasteiger charge is 2.10. The van der Waals surface area contributed by atoms with Crippen molar-refractivity contribution in [3.63, 3.8) is 0 Å². The van der Waals surface area contributed by atoms with E-state index in [9.17, 15) is 5.11 Å². The van der Waals surface area contributed by atoms with Crippen molar-refractivity contribution in [1.29, 1.82) is 0 Å². The van der Waals surface area contributed by atoms with Crippen LogP contribution in [0.4, 0.5) is 0 Å². The fraction of sp³-hybridized carbons (Fsp3) is 0.417. The number of aliphatic hydroxyl groups is 1. The van der Waals surface area contributed by atoms with E-state index in [1.807, 2.05) is 25.1 Å². The lowest BCUT2D eigenvalue weighted by Gasteiger charge is -2.14. The molecule has 1 N–H and O–H groups in total. The van der Waals surface area contributed by atoms with Gasteiger partial charge in [-0.1, -0.05) is 19.1 Å². The SMILES string of the molecule is C=C[C@@H](C)[C@H](O)CCc1cccc(Br)n1. The van der Waals surface area contributed by atoms with Crippen LogP contribution in [0.2, 0.25) is 0 Å². The smallest absolute Gasteiger partial charge is 0.106 e. The Hall–Kier alpha value is -0.670. The molecule has 0 fully saturated rings. The summed E-state index contributed by atoms with van der Waals surface area (Å²) in [5.41, 5.74) is 1.000. The fourth-order valence-corrected chi connectivity index (χ4v) is 1.69. The van der Waals surface area contributed by atoms with E-state index in [0.717, 1.165) is 23.1 Å². The molecule has 0 aromatic carbocycles. The van der Waals surface area contributed by atoms with Crippen LogP contribution >= 0.6 is 15.9 Å². The predicted molar refractivity (Wildman–Crippen MR) is 65.6 cm³/mol. The van der Waals surface area contributed by atoms with Crippen LogP contribution in [0.1, 0.15) is 19.0 Å². The summed E-state index contributed by atoms with van der Waals surface area (Å²) in [4.78, 5) is 4.31. The minimum atomic E-state index is -0.330. The van der Waals surface area contributed by atoms with Gasteiger partial charge in [-0.25, -0.2) is 4.98 Å². The Morgan fingerprint density at radius 2 is 2.33 bits per heavy atom. The van der Waals surface area contributed by atoms with Gasteiger partial charge in [-0.15, -0.1) is 6.58 Å². The summed E-state index contributed by atoms with van der Waals surface area (Å²) >= 11 is 3.32. The van der Waals surface area contributed by atoms with Crippen LogP contribution in [0.15, 0.2) is 35.5 Å². The number of aromatic nitrogens is 1. The van der Waals surface area contributed by atoms with Crippen LogP contribution in [0, 0.1) is 5.92 Å². The van der Waals surface area contributed by atoms with Crippen molar-refractivity contribution >= 4 is 15.9 Å². The number of pyridine rings is 1. The van der Waals surface area contributed by atoms with E-state index in [4.69, 9.17) is 0 Å². The maximum absolute atomic E-state index is 9.74. The van der Waals surface area contributed by atoms with Gasteiger partial charge in [-0.2, -0.15) is 0 Å². The fourth-order valence-electron chi connectivity index (χ4n) is 1.31. The van der Waals surface area contributed by atoms with Gasteiger partial charge in [0.2, 0.25) is 0 Å². The van der Waals surface area contributed by atoms with Gasteiger partial charge < -0.3 is 5.11 Å². The Balaban J connectivity index is 2.46. The molecule has 1 heterocycles. The third-order valence-corrected chi connectivity index (χ3v) is 2.89. The highest BCUT2D eigenvalue weighted by molar-refractivity contribution is 9.10. The van der Waals surface area contributed by atoms with Crippen LogP contribution in [0.25, 0.3) is 0 Å². The van der Waals surface area contributed by atoms with E-state index in [2.05, 4.69) is 27.5 Å². The minimum Gasteiger partial charge on any atom is -0.393 e. The molecular formula is C12H16BrNO. The molecule has 0 unspecified atom stereocenters. The molecule has 1 aromatic heterocycles. The average molecular weight is 270 g/mol. The summed E-state index contributed by atoms with van der Waals surface area (Å²) in [6, 6.07) is 5.82. The zero-order valence-electron chi connectivity index (χ0n) is 8.86. The van der Waals surface area contributed by atoms with Crippen molar-refractivity contribution in [2.45, 2.75) is 25.9 Å². The number of rotatable bonds is 5. The highest BCUT2D eigenvalue weighted by Crippen LogP contribution is 2.12. The van der Waals surface area contributed by atoms with Crippen LogP contribution in [0.5, 0.6) is 0 Å². The molecule has 1 aromatic rings. The summed E-state index contributed by atoms with van der Waals surface area (Å²) < 4.78 is 0.839. The standard InChI is InChI=1S/C12H16BrNO/c1-3-9(2)11(15)8-7-10-5-4-6-12(13)14-10/h3-6,9,11,15H,1,7-8H2,2H3/t9-,11-/m1/s1. The average Bonchev–Trinajstić information content (AvgIpc) is 2.25.